The smallest absolute Gasteiger partial charge is 0.251 e. The van der Waals surface area contributed by atoms with Crippen LogP contribution in [0.1, 0.15) is 22.1 Å². The van der Waals surface area contributed by atoms with Crippen LogP contribution in [-0.2, 0) is 11.3 Å². The van der Waals surface area contributed by atoms with Crippen LogP contribution >= 0.6 is 0 Å². The van der Waals surface area contributed by atoms with Gasteiger partial charge in [0.15, 0.2) is 23.2 Å². The molecule has 12 nitrogen and oxygen atoms in total. The van der Waals surface area contributed by atoms with Crippen LogP contribution in [0, 0.1) is 0 Å². The van der Waals surface area contributed by atoms with Crippen LogP contribution in [0.15, 0.2) is 61.2 Å². The summed E-state index contributed by atoms with van der Waals surface area (Å²) in [5, 5.41) is 46.2. The van der Waals surface area contributed by atoms with E-state index in [1.54, 1.807) is 0 Å². The van der Waals surface area contributed by atoms with Gasteiger partial charge in [0, 0.05) is 24.7 Å². The van der Waals surface area contributed by atoms with Crippen molar-refractivity contribution in [3.05, 3.63) is 72.3 Å². The van der Waals surface area contributed by atoms with E-state index in [1.165, 1.54) is 29.4 Å². The number of rotatable bonds is 7. The minimum absolute atomic E-state index is 0.0323. The number of carbonyl (C=O) groups excluding carboxylic acids is 1. The van der Waals surface area contributed by atoms with E-state index in [2.05, 4.69) is 25.6 Å². The van der Waals surface area contributed by atoms with Gasteiger partial charge in [0.05, 0.1) is 6.33 Å². The zero-order valence-corrected chi connectivity index (χ0v) is 18.9. The molecule has 3 heterocycles. The molecule has 1 aliphatic rings. The zero-order chi connectivity index (χ0) is 25.2. The van der Waals surface area contributed by atoms with Gasteiger partial charge in [-0.05, 0) is 17.7 Å². The standard InChI is InChI=1S/C24H24N6O6/c31-15-6-14(7-16(32)8-15)23(35)26-10-17-19(33)20(34)24(36-17)30-12-29-18-21(27-11-28-22(18)30)25-9-13-4-2-1-3-5-13/h1-8,11-12,17,19-20,24,31-34H,9-10H2,(H,26,35)(H,25,27,28). The van der Waals surface area contributed by atoms with Crippen molar-refractivity contribution in [2.75, 3.05) is 11.9 Å². The fourth-order valence-corrected chi connectivity index (χ4v) is 4.10. The Hall–Kier alpha value is -4.26. The van der Waals surface area contributed by atoms with Crippen molar-refractivity contribution >= 4 is 22.9 Å². The molecule has 0 saturated carbocycles. The fraction of sp³-hybridized carbons (Fsp3) is 0.250. The van der Waals surface area contributed by atoms with Crippen LogP contribution in [0.25, 0.3) is 11.2 Å². The molecule has 0 radical (unpaired) electrons. The number of imidazole rings is 1. The predicted octanol–water partition coefficient (Wildman–Crippen LogP) is 0.899. The van der Waals surface area contributed by atoms with E-state index in [0.717, 1.165) is 11.6 Å². The van der Waals surface area contributed by atoms with Crippen LogP contribution in [0.2, 0.25) is 0 Å². The second-order valence-corrected chi connectivity index (χ2v) is 8.38. The van der Waals surface area contributed by atoms with Gasteiger partial charge < -0.3 is 35.8 Å². The molecular weight excluding hydrogens is 468 g/mol. The van der Waals surface area contributed by atoms with Crippen molar-refractivity contribution in [2.45, 2.75) is 31.1 Å². The van der Waals surface area contributed by atoms with E-state index < -0.39 is 30.4 Å². The number of aromatic hydroxyl groups is 2. The van der Waals surface area contributed by atoms with E-state index >= 15 is 0 Å². The van der Waals surface area contributed by atoms with E-state index in [-0.39, 0.29) is 23.6 Å². The highest BCUT2D eigenvalue weighted by molar-refractivity contribution is 5.95. The van der Waals surface area contributed by atoms with Gasteiger partial charge in [-0.25, -0.2) is 15.0 Å². The number of nitrogens with zero attached hydrogens (tertiary/aromatic N) is 4. The summed E-state index contributed by atoms with van der Waals surface area (Å²) in [6.45, 7) is 0.398. The average molecular weight is 492 g/mol. The summed E-state index contributed by atoms with van der Waals surface area (Å²) in [7, 11) is 0. The van der Waals surface area contributed by atoms with Gasteiger partial charge in [0.2, 0.25) is 0 Å². The number of phenolic OH excluding ortho intramolecular Hbond substituents is 2. The maximum atomic E-state index is 12.4. The molecule has 0 bridgehead atoms. The Morgan fingerprint density at radius 1 is 1.00 bits per heavy atom. The molecule has 4 aromatic rings. The second-order valence-electron chi connectivity index (χ2n) is 8.38. The number of aromatic nitrogens is 4. The topological polar surface area (TPSA) is 175 Å². The van der Waals surface area contributed by atoms with E-state index in [9.17, 15) is 25.2 Å². The van der Waals surface area contributed by atoms with Crippen molar-refractivity contribution in [1.82, 2.24) is 24.8 Å². The fourth-order valence-electron chi connectivity index (χ4n) is 4.10. The number of hydrogen-bond donors (Lipinski definition) is 6. The number of amides is 1. The summed E-state index contributed by atoms with van der Waals surface area (Å²) in [6.07, 6.45) is -1.74. The number of benzene rings is 2. The third kappa shape index (κ3) is 4.64. The first-order valence-corrected chi connectivity index (χ1v) is 11.2. The molecule has 12 heteroatoms. The number of ether oxygens (including phenoxy) is 1. The molecule has 1 fully saturated rings. The first kappa shape index (κ1) is 23.5. The van der Waals surface area contributed by atoms with Gasteiger partial charge >= 0.3 is 0 Å². The highest BCUT2D eigenvalue weighted by Gasteiger charge is 2.44. The van der Waals surface area contributed by atoms with Crippen LogP contribution in [0.5, 0.6) is 11.5 Å². The van der Waals surface area contributed by atoms with Crippen LogP contribution in [0.3, 0.4) is 0 Å². The van der Waals surface area contributed by atoms with Crippen molar-refractivity contribution in [3.8, 4) is 11.5 Å². The number of aliphatic hydroxyl groups excluding tert-OH is 2. The zero-order valence-electron chi connectivity index (χ0n) is 18.9. The molecule has 0 aliphatic carbocycles. The second kappa shape index (κ2) is 9.77. The molecule has 186 valence electrons. The molecule has 4 atom stereocenters. The molecule has 2 aromatic heterocycles. The maximum absolute atomic E-state index is 12.4. The van der Waals surface area contributed by atoms with E-state index in [0.29, 0.717) is 23.5 Å². The Morgan fingerprint density at radius 3 is 2.50 bits per heavy atom. The Morgan fingerprint density at radius 2 is 1.75 bits per heavy atom. The Kier molecular flexibility index (Phi) is 6.38. The minimum atomic E-state index is -1.31. The Bertz CT molecular complexity index is 1360. The van der Waals surface area contributed by atoms with Gasteiger partial charge in [-0.1, -0.05) is 30.3 Å². The summed E-state index contributed by atoms with van der Waals surface area (Å²) in [6, 6.07) is 13.3. The Balaban J connectivity index is 1.29. The van der Waals surface area contributed by atoms with Crippen LogP contribution in [0.4, 0.5) is 5.82 Å². The Labute approximate surface area is 204 Å². The molecule has 1 amide bonds. The molecule has 0 spiro atoms. The van der Waals surface area contributed by atoms with Crippen molar-refractivity contribution < 1.29 is 30.0 Å². The summed E-state index contributed by atoms with van der Waals surface area (Å²) in [5.41, 5.74) is 1.97. The molecule has 4 unspecified atom stereocenters. The molecule has 6 N–H and O–H groups in total. The quantitative estimate of drug-likeness (QED) is 0.217. The third-order valence-electron chi connectivity index (χ3n) is 5.90. The number of hydrogen-bond acceptors (Lipinski definition) is 10. The van der Waals surface area contributed by atoms with Gasteiger partial charge in [0.25, 0.3) is 5.91 Å². The maximum Gasteiger partial charge on any atom is 0.251 e. The van der Waals surface area contributed by atoms with E-state index in [1.807, 2.05) is 30.3 Å². The van der Waals surface area contributed by atoms with Crippen LogP contribution in [-0.4, -0.2) is 70.7 Å². The highest BCUT2D eigenvalue weighted by atomic mass is 16.6. The van der Waals surface area contributed by atoms with Crippen molar-refractivity contribution in [2.24, 2.45) is 0 Å². The third-order valence-corrected chi connectivity index (χ3v) is 5.90. The number of phenols is 2. The van der Waals surface area contributed by atoms with Gasteiger partial charge in [0.1, 0.15) is 36.1 Å². The van der Waals surface area contributed by atoms with Gasteiger partial charge in [-0.2, -0.15) is 0 Å². The van der Waals surface area contributed by atoms with Crippen molar-refractivity contribution in [3.63, 3.8) is 0 Å². The average Bonchev–Trinajstić information content (AvgIpc) is 3.42. The number of fused-ring (bicyclic) bond motifs is 1. The van der Waals surface area contributed by atoms with Crippen molar-refractivity contribution in [1.29, 1.82) is 0 Å². The lowest BCUT2D eigenvalue weighted by Gasteiger charge is -2.16. The number of aliphatic hydroxyl groups is 2. The lowest BCUT2D eigenvalue weighted by molar-refractivity contribution is -0.0337. The lowest BCUT2D eigenvalue weighted by Crippen LogP contribution is -2.39. The molecule has 5 rings (SSSR count). The van der Waals surface area contributed by atoms with Crippen LogP contribution < -0.4 is 10.6 Å². The SMILES string of the molecule is O=C(NCC1OC(n2cnc3c(NCc4ccccc4)ncnc32)C(O)C1O)c1cc(O)cc(O)c1. The number of anilines is 1. The predicted molar refractivity (Wildman–Crippen MR) is 127 cm³/mol. The summed E-state index contributed by atoms with van der Waals surface area (Å²) in [4.78, 5) is 25.3. The molecular formula is C24H24N6O6. The molecule has 36 heavy (non-hydrogen) atoms. The lowest BCUT2D eigenvalue weighted by atomic mass is 10.1. The molecule has 1 saturated heterocycles. The number of carbonyl (C=O) groups is 1. The largest absolute Gasteiger partial charge is 0.508 e. The highest BCUT2D eigenvalue weighted by Crippen LogP contribution is 2.32. The molecule has 2 aromatic carbocycles. The monoisotopic (exact) mass is 492 g/mol. The summed E-state index contributed by atoms with van der Waals surface area (Å²) < 4.78 is 7.38. The van der Waals surface area contributed by atoms with Gasteiger partial charge in [-0.15, -0.1) is 0 Å². The number of nitrogens with one attached hydrogen (secondary N) is 2. The molecule has 1 aliphatic heterocycles. The summed E-state index contributed by atoms with van der Waals surface area (Å²) in [5.74, 6) is -0.613. The van der Waals surface area contributed by atoms with Gasteiger partial charge in [-0.3, -0.25) is 9.36 Å². The summed E-state index contributed by atoms with van der Waals surface area (Å²) >= 11 is 0. The van der Waals surface area contributed by atoms with E-state index in [4.69, 9.17) is 4.74 Å². The normalized spacial score (nSPS) is 21.5. The first-order valence-electron chi connectivity index (χ1n) is 11.2. The minimum Gasteiger partial charge on any atom is -0.508 e. The first-order chi connectivity index (χ1) is 17.4.